The van der Waals surface area contributed by atoms with Gasteiger partial charge in [0.25, 0.3) is 0 Å². The Labute approximate surface area is 152 Å². The van der Waals surface area contributed by atoms with E-state index in [2.05, 4.69) is 6.92 Å². The second-order valence-electron chi connectivity index (χ2n) is 7.91. The van der Waals surface area contributed by atoms with E-state index in [1.54, 1.807) is 0 Å². The molecule has 0 aromatic heterocycles. The van der Waals surface area contributed by atoms with Crippen LogP contribution in [-0.4, -0.2) is 13.2 Å². The van der Waals surface area contributed by atoms with Crippen molar-refractivity contribution in [3.63, 3.8) is 0 Å². The molecule has 2 aliphatic rings. The number of benzene rings is 1. The number of halogens is 1. The second kappa shape index (κ2) is 9.68. The van der Waals surface area contributed by atoms with Crippen molar-refractivity contribution in [2.24, 2.45) is 17.8 Å². The number of rotatable bonds is 7. The zero-order valence-electron chi connectivity index (χ0n) is 15.6. The van der Waals surface area contributed by atoms with Crippen molar-refractivity contribution in [1.29, 1.82) is 0 Å². The summed E-state index contributed by atoms with van der Waals surface area (Å²) < 4.78 is 24.6. The van der Waals surface area contributed by atoms with Crippen molar-refractivity contribution in [3.05, 3.63) is 35.4 Å². The molecule has 1 aliphatic heterocycles. The van der Waals surface area contributed by atoms with E-state index in [1.807, 2.05) is 24.3 Å². The van der Waals surface area contributed by atoms with Crippen molar-refractivity contribution in [2.75, 3.05) is 13.2 Å². The Morgan fingerprint density at radius 1 is 0.920 bits per heavy atom. The van der Waals surface area contributed by atoms with Gasteiger partial charge in [-0.3, -0.25) is 0 Å². The summed E-state index contributed by atoms with van der Waals surface area (Å²) in [6, 6.07) is 7.46. The van der Waals surface area contributed by atoms with Crippen molar-refractivity contribution in [1.82, 2.24) is 0 Å². The molecule has 1 saturated heterocycles. The second-order valence-corrected chi connectivity index (χ2v) is 7.91. The highest BCUT2D eigenvalue weighted by Crippen LogP contribution is 2.38. The van der Waals surface area contributed by atoms with Crippen LogP contribution in [0.4, 0.5) is 4.39 Å². The fraction of sp³-hybridized carbons (Fsp3) is 0.727. The molecule has 0 unspecified atom stereocenters. The van der Waals surface area contributed by atoms with E-state index >= 15 is 0 Å². The normalized spacial score (nSPS) is 30.3. The first-order valence-corrected chi connectivity index (χ1v) is 10.2. The summed E-state index contributed by atoms with van der Waals surface area (Å²) >= 11 is 0. The van der Waals surface area contributed by atoms with Crippen LogP contribution in [0.15, 0.2) is 24.3 Å². The highest BCUT2D eigenvalue weighted by molar-refractivity contribution is 5.23. The van der Waals surface area contributed by atoms with Gasteiger partial charge < -0.3 is 9.47 Å². The molecular formula is C22H33FO2. The highest BCUT2D eigenvalue weighted by atomic mass is 19.1. The smallest absolute Gasteiger partial charge is 0.183 e. The maximum absolute atomic E-state index is 12.6. The van der Waals surface area contributed by atoms with Gasteiger partial charge in [0.2, 0.25) is 0 Å². The molecule has 0 bridgehead atoms. The molecule has 0 amide bonds. The molecule has 1 heterocycles. The Hall–Kier alpha value is -0.930. The van der Waals surface area contributed by atoms with Crippen LogP contribution in [-0.2, 0) is 16.1 Å². The molecule has 0 atom stereocenters. The van der Waals surface area contributed by atoms with E-state index in [0.29, 0.717) is 11.5 Å². The first-order valence-electron chi connectivity index (χ1n) is 10.2. The molecule has 1 aliphatic carbocycles. The third kappa shape index (κ3) is 5.27. The summed E-state index contributed by atoms with van der Waals surface area (Å²) in [5, 5.41) is 0. The Balaban J connectivity index is 1.40. The lowest BCUT2D eigenvalue weighted by molar-refractivity contribution is -0.214. The molecule has 140 valence electrons. The maximum atomic E-state index is 12.6. The number of unbranched alkanes of at least 4 members (excludes halogenated alkanes) is 2. The van der Waals surface area contributed by atoms with Gasteiger partial charge in [-0.05, 0) is 30.2 Å². The molecule has 0 N–H and O–H groups in total. The minimum atomic E-state index is -0.421. The van der Waals surface area contributed by atoms with E-state index in [0.717, 1.165) is 30.6 Å². The standard InChI is InChI=1S/C22H33FO2/c1-2-3-4-5-17-6-10-19(11-7-17)21-15-24-22(25-16-21)20-12-8-18(14-23)9-13-20/h8-9,12-13,17,19,21-22H,2-7,10-11,14-16H2,1H3. The molecule has 3 rings (SSSR count). The lowest BCUT2D eigenvalue weighted by Crippen LogP contribution is -2.34. The minimum Gasteiger partial charge on any atom is -0.348 e. The van der Waals surface area contributed by atoms with E-state index in [-0.39, 0.29) is 6.29 Å². The topological polar surface area (TPSA) is 18.5 Å². The predicted molar refractivity (Wildman–Crippen MR) is 99.0 cm³/mol. The van der Waals surface area contributed by atoms with Crippen LogP contribution in [0.25, 0.3) is 0 Å². The molecule has 0 radical (unpaired) electrons. The van der Waals surface area contributed by atoms with Gasteiger partial charge in [0, 0.05) is 11.5 Å². The first-order chi connectivity index (χ1) is 12.3. The molecule has 1 aromatic carbocycles. The SMILES string of the molecule is CCCCCC1CCC(C2COC(c3ccc(CF)cc3)OC2)CC1. The zero-order chi connectivity index (χ0) is 17.5. The fourth-order valence-corrected chi connectivity index (χ4v) is 4.38. The van der Waals surface area contributed by atoms with Gasteiger partial charge in [-0.1, -0.05) is 69.7 Å². The van der Waals surface area contributed by atoms with Crippen LogP contribution in [0.2, 0.25) is 0 Å². The summed E-state index contributed by atoms with van der Waals surface area (Å²) in [7, 11) is 0. The maximum Gasteiger partial charge on any atom is 0.183 e. The Morgan fingerprint density at radius 2 is 1.60 bits per heavy atom. The number of alkyl halides is 1. The Bertz CT molecular complexity index is 485. The number of ether oxygens (including phenoxy) is 2. The van der Waals surface area contributed by atoms with Gasteiger partial charge in [-0.15, -0.1) is 0 Å². The van der Waals surface area contributed by atoms with Crippen LogP contribution in [0.3, 0.4) is 0 Å². The van der Waals surface area contributed by atoms with E-state index in [1.165, 1.54) is 51.4 Å². The first kappa shape index (κ1) is 18.8. The van der Waals surface area contributed by atoms with Gasteiger partial charge in [-0.2, -0.15) is 0 Å². The molecule has 1 aromatic rings. The van der Waals surface area contributed by atoms with Gasteiger partial charge in [0.1, 0.15) is 6.67 Å². The van der Waals surface area contributed by atoms with Crippen LogP contribution >= 0.6 is 0 Å². The summed E-state index contributed by atoms with van der Waals surface area (Å²) in [6.45, 7) is 3.44. The van der Waals surface area contributed by atoms with Gasteiger partial charge in [-0.25, -0.2) is 4.39 Å². The van der Waals surface area contributed by atoms with Crippen LogP contribution in [0.5, 0.6) is 0 Å². The van der Waals surface area contributed by atoms with Crippen molar-refractivity contribution in [2.45, 2.75) is 71.3 Å². The van der Waals surface area contributed by atoms with Gasteiger partial charge in [0.15, 0.2) is 6.29 Å². The van der Waals surface area contributed by atoms with Gasteiger partial charge in [0.05, 0.1) is 13.2 Å². The lowest BCUT2D eigenvalue weighted by Gasteiger charge is -2.38. The van der Waals surface area contributed by atoms with Crippen molar-refractivity contribution in [3.8, 4) is 0 Å². The number of hydrogen-bond acceptors (Lipinski definition) is 2. The van der Waals surface area contributed by atoms with E-state index in [4.69, 9.17) is 9.47 Å². The molecule has 0 spiro atoms. The zero-order valence-corrected chi connectivity index (χ0v) is 15.6. The third-order valence-electron chi connectivity index (χ3n) is 6.10. The Morgan fingerprint density at radius 3 is 2.20 bits per heavy atom. The average molecular weight is 349 g/mol. The molecule has 3 heteroatoms. The summed E-state index contributed by atoms with van der Waals surface area (Å²) in [5.41, 5.74) is 1.70. The molecule has 25 heavy (non-hydrogen) atoms. The quantitative estimate of drug-likeness (QED) is 0.546. The summed E-state index contributed by atoms with van der Waals surface area (Å²) in [4.78, 5) is 0. The van der Waals surface area contributed by atoms with Crippen LogP contribution < -0.4 is 0 Å². The predicted octanol–water partition coefficient (Wildman–Crippen LogP) is 6.20. The fourth-order valence-electron chi connectivity index (χ4n) is 4.38. The molecular weight excluding hydrogens is 315 g/mol. The van der Waals surface area contributed by atoms with Crippen molar-refractivity contribution < 1.29 is 13.9 Å². The summed E-state index contributed by atoms with van der Waals surface area (Å²) in [5.74, 6) is 2.25. The van der Waals surface area contributed by atoms with Crippen molar-refractivity contribution >= 4 is 0 Å². The highest BCUT2D eigenvalue weighted by Gasteiger charge is 2.32. The summed E-state index contributed by atoms with van der Waals surface area (Å²) in [6.07, 6.45) is 10.7. The molecule has 2 fully saturated rings. The molecule has 2 nitrogen and oxygen atoms in total. The molecule has 1 saturated carbocycles. The van der Waals surface area contributed by atoms with Gasteiger partial charge >= 0.3 is 0 Å². The monoisotopic (exact) mass is 348 g/mol. The third-order valence-corrected chi connectivity index (χ3v) is 6.10. The number of hydrogen-bond donors (Lipinski definition) is 0. The average Bonchev–Trinajstić information content (AvgIpc) is 2.69. The lowest BCUT2D eigenvalue weighted by atomic mass is 9.74. The van der Waals surface area contributed by atoms with Crippen LogP contribution in [0.1, 0.15) is 75.7 Å². The minimum absolute atomic E-state index is 0.282. The van der Waals surface area contributed by atoms with Crippen LogP contribution in [0, 0.1) is 17.8 Å². The van der Waals surface area contributed by atoms with E-state index in [9.17, 15) is 4.39 Å². The Kier molecular flexibility index (Phi) is 7.30. The largest absolute Gasteiger partial charge is 0.348 e. The van der Waals surface area contributed by atoms with E-state index < -0.39 is 6.67 Å².